The van der Waals surface area contributed by atoms with Gasteiger partial charge in [-0.15, -0.1) is 0 Å². The van der Waals surface area contributed by atoms with Crippen molar-refractivity contribution in [2.75, 3.05) is 18.5 Å². The standard InChI is InChI=1S/C31H42N4O5/c1-8-30(3,4)21-11-16-26(25(19-21)31(5,6)9-2)40-18-10-17-32-29(39)33-22-12-14-23(15-13-22)35-28(38)24(20-36)27(37)34(35)7/h11-16,19-20,37H,8-10,17-18H2,1-7H3,(H2,32,33,39). The monoisotopic (exact) mass is 550 g/mol. The number of aromatic nitrogens is 2. The molecule has 0 saturated heterocycles. The molecule has 3 rings (SSSR count). The number of nitrogens with zero attached hydrogens (tertiary/aromatic N) is 2. The van der Waals surface area contributed by atoms with Gasteiger partial charge >= 0.3 is 6.03 Å². The van der Waals surface area contributed by atoms with Crippen LogP contribution in [-0.2, 0) is 17.9 Å². The van der Waals surface area contributed by atoms with Crippen LogP contribution in [0.1, 0.15) is 82.3 Å². The summed E-state index contributed by atoms with van der Waals surface area (Å²) in [4.78, 5) is 35.9. The molecule has 1 aromatic heterocycles. The number of aromatic hydroxyl groups is 1. The van der Waals surface area contributed by atoms with E-state index in [2.05, 4.69) is 70.4 Å². The van der Waals surface area contributed by atoms with Gasteiger partial charge in [-0.1, -0.05) is 53.7 Å². The van der Waals surface area contributed by atoms with E-state index in [9.17, 15) is 19.5 Å². The van der Waals surface area contributed by atoms with Crippen molar-refractivity contribution in [2.45, 2.75) is 71.6 Å². The fraction of sp³-hybridized carbons (Fsp3) is 0.452. The van der Waals surface area contributed by atoms with Crippen LogP contribution >= 0.6 is 0 Å². The normalized spacial score (nSPS) is 11.8. The number of rotatable bonds is 12. The first-order valence-corrected chi connectivity index (χ1v) is 13.8. The van der Waals surface area contributed by atoms with E-state index in [4.69, 9.17) is 4.74 Å². The lowest BCUT2D eigenvalue weighted by Crippen LogP contribution is -2.30. The third-order valence-corrected chi connectivity index (χ3v) is 7.88. The Balaban J connectivity index is 1.55. The number of anilines is 1. The van der Waals surface area contributed by atoms with Crippen LogP contribution in [0.15, 0.2) is 47.3 Å². The number of nitrogens with one attached hydrogen (secondary N) is 2. The predicted octanol–water partition coefficient (Wildman–Crippen LogP) is 5.66. The summed E-state index contributed by atoms with van der Waals surface area (Å²) < 4.78 is 8.54. The van der Waals surface area contributed by atoms with Gasteiger partial charge in [-0.2, -0.15) is 0 Å². The Kier molecular flexibility index (Phi) is 9.50. The van der Waals surface area contributed by atoms with E-state index in [1.807, 2.05) is 0 Å². The fourth-order valence-corrected chi connectivity index (χ4v) is 4.33. The van der Waals surface area contributed by atoms with E-state index in [0.717, 1.165) is 18.6 Å². The van der Waals surface area contributed by atoms with E-state index in [0.29, 0.717) is 37.2 Å². The van der Waals surface area contributed by atoms with Gasteiger partial charge in [0.05, 0.1) is 12.3 Å². The highest BCUT2D eigenvalue weighted by atomic mass is 16.5. The lowest BCUT2D eigenvalue weighted by atomic mass is 9.76. The number of ether oxygens (including phenoxy) is 1. The Labute approximate surface area is 236 Å². The Morgan fingerprint density at radius 3 is 2.25 bits per heavy atom. The van der Waals surface area contributed by atoms with Crippen molar-refractivity contribution in [3.05, 3.63) is 69.5 Å². The van der Waals surface area contributed by atoms with Crippen LogP contribution in [0.5, 0.6) is 11.6 Å². The van der Waals surface area contributed by atoms with Crippen molar-refractivity contribution in [1.29, 1.82) is 0 Å². The zero-order chi connectivity index (χ0) is 29.7. The van der Waals surface area contributed by atoms with Crippen molar-refractivity contribution >= 4 is 18.0 Å². The highest BCUT2D eigenvalue weighted by molar-refractivity contribution is 5.89. The van der Waals surface area contributed by atoms with Crippen molar-refractivity contribution in [3.63, 3.8) is 0 Å². The van der Waals surface area contributed by atoms with Crippen molar-refractivity contribution < 1.29 is 19.4 Å². The molecule has 0 aliphatic heterocycles. The summed E-state index contributed by atoms with van der Waals surface area (Å²) in [5, 5.41) is 15.6. The van der Waals surface area contributed by atoms with Gasteiger partial charge in [-0.05, 0) is 66.0 Å². The van der Waals surface area contributed by atoms with Gasteiger partial charge in [-0.25, -0.2) is 14.2 Å². The molecule has 0 bridgehead atoms. The maximum Gasteiger partial charge on any atom is 0.319 e. The van der Waals surface area contributed by atoms with Crippen molar-refractivity contribution in [2.24, 2.45) is 7.05 Å². The van der Waals surface area contributed by atoms with Gasteiger partial charge in [0.2, 0.25) is 5.88 Å². The first kappa shape index (κ1) is 30.5. The van der Waals surface area contributed by atoms with E-state index in [1.54, 1.807) is 24.3 Å². The first-order chi connectivity index (χ1) is 18.9. The maximum atomic E-state index is 12.4. The van der Waals surface area contributed by atoms with E-state index in [-0.39, 0.29) is 22.4 Å². The molecule has 2 amide bonds. The lowest BCUT2D eigenvalue weighted by molar-refractivity contribution is 0.111. The number of amides is 2. The van der Waals surface area contributed by atoms with Crippen LogP contribution in [0.2, 0.25) is 0 Å². The minimum atomic E-state index is -0.623. The van der Waals surface area contributed by atoms with Gasteiger partial charge in [0, 0.05) is 24.8 Å². The fourth-order valence-electron chi connectivity index (χ4n) is 4.33. The lowest BCUT2D eigenvalue weighted by Gasteiger charge is -2.30. The molecule has 9 nitrogen and oxygen atoms in total. The average molecular weight is 551 g/mol. The quantitative estimate of drug-likeness (QED) is 0.199. The molecular weight excluding hydrogens is 508 g/mol. The van der Waals surface area contributed by atoms with Crippen LogP contribution in [0, 0.1) is 0 Å². The number of benzene rings is 2. The molecule has 9 heteroatoms. The van der Waals surface area contributed by atoms with Gasteiger partial charge in [0.15, 0.2) is 6.29 Å². The second-order valence-corrected chi connectivity index (χ2v) is 11.3. The zero-order valence-electron chi connectivity index (χ0n) is 24.6. The predicted molar refractivity (Wildman–Crippen MR) is 158 cm³/mol. The molecule has 40 heavy (non-hydrogen) atoms. The van der Waals surface area contributed by atoms with E-state index < -0.39 is 11.4 Å². The molecule has 0 saturated carbocycles. The summed E-state index contributed by atoms with van der Waals surface area (Å²) >= 11 is 0. The molecule has 0 aliphatic rings. The second kappa shape index (κ2) is 12.4. The molecule has 0 radical (unpaired) electrons. The number of carbonyl (C=O) groups excluding carboxylic acids is 2. The highest BCUT2D eigenvalue weighted by Gasteiger charge is 2.26. The number of aldehydes is 1. The molecule has 216 valence electrons. The smallest absolute Gasteiger partial charge is 0.319 e. The molecule has 0 aliphatic carbocycles. The molecular formula is C31H42N4O5. The number of hydrogen-bond donors (Lipinski definition) is 3. The molecule has 3 N–H and O–H groups in total. The number of carbonyl (C=O) groups is 2. The van der Waals surface area contributed by atoms with Crippen LogP contribution in [0.4, 0.5) is 10.5 Å². The summed E-state index contributed by atoms with van der Waals surface area (Å²) in [6.45, 7) is 14.3. The van der Waals surface area contributed by atoms with Crippen LogP contribution < -0.4 is 20.9 Å². The Bertz CT molecular complexity index is 1400. The maximum absolute atomic E-state index is 12.4. The summed E-state index contributed by atoms with van der Waals surface area (Å²) in [5.41, 5.74) is 2.63. The van der Waals surface area contributed by atoms with Gasteiger partial charge < -0.3 is 20.5 Å². The molecule has 0 unspecified atom stereocenters. The van der Waals surface area contributed by atoms with Gasteiger partial charge in [-0.3, -0.25) is 9.59 Å². The van der Waals surface area contributed by atoms with E-state index in [1.165, 1.54) is 27.5 Å². The average Bonchev–Trinajstić information content (AvgIpc) is 3.15. The van der Waals surface area contributed by atoms with Crippen LogP contribution in [0.3, 0.4) is 0 Å². The Hall–Kier alpha value is -4.01. The van der Waals surface area contributed by atoms with Gasteiger partial charge in [0.1, 0.15) is 11.3 Å². The third kappa shape index (κ3) is 6.58. The first-order valence-electron chi connectivity index (χ1n) is 13.8. The van der Waals surface area contributed by atoms with Crippen LogP contribution in [-0.4, -0.2) is 39.9 Å². The molecule has 0 fully saturated rings. The largest absolute Gasteiger partial charge is 0.493 e. The van der Waals surface area contributed by atoms with Crippen LogP contribution in [0.25, 0.3) is 5.69 Å². The molecule has 3 aromatic rings. The second-order valence-electron chi connectivity index (χ2n) is 11.3. The van der Waals surface area contributed by atoms with E-state index >= 15 is 0 Å². The minimum absolute atomic E-state index is 0.0198. The molecule has 1 heterocycles. The number of hydrogen-bond acceptors (Lipinski definition) is 5. The summed E-state index contributed by atoms with van der Waals surface area (Å²) in [6, 6.07) is 12.7. The zero-order valence-corrected chi connectivity index (χ0v) is 24.6. The SMILES string of the molecule is CCC(C)(C)c1ccc(OCCCNC(=O)Nc2ccc(-n3c(=O)c(C=O)c(O)n3C)cc2)c(C(C)(C)CC)c1. The Morgan fingerprint density at radius 2 is 1.68 bits per heavy atom. The summed E-state index contributed by atoms with van der Waals surface area (Å²) in [5.74, 6) is 0.478. The topological polar surface area (TPSA) is 115 Å². The Morgan fingerprint density at radius 1 is 1.02 bits per heavy atom. The minimum Gasteiger partial charge on any atom is -0.493 e. The van der Waals surface area contributed by atoms with Gasteiger partial charge in [0.25, 0.3) is 5.56 Å². The molecule has 0 atom stereocenters. The molecule has 2 aromatic carbocycles. The van der Waals surface area contributed by atoms with Crippen molar-refractivity contribution in [1.82, 2.24) is 14.7 Å². The summed E-state index contributed by atoms with van der Waals surface area (Å²) in [7, 11) is 1.47. The highest BCUT2D eigenvalue weighted by Crippen LogP contribution is 2.38. The third-order valence-electron chi connectivity index (χ3n) is 7.88. The summed E-state index contributed by atoms with van der Waals surface area (Å²) in [6.07, 6.45) is 3.01. The number of urea groups is 1. The molecule has 0 spiro atoms. The van der Waals surface area contributed by atoms with Crippen molar-refractivity contribution in [3.8, 4) is 17.3 Å².